The van der Waals surface area contributed by atoms with E-state index >= 15 is 0 Å². The summed E-state index contributed by atoms with van der Waals surface area (Å²) in [5.41, 5.74) is 6.34. The Hall–Kier alpha value is -0.0800. The first-order valence-electron chi connectivity index (χ1n) is 6.36. The number of hydrogen-bond donors (Lipinski definition) is 2. The van der Waals surface area contributed by atoms with E-state index in [4.69, 9.17) is 5.73 Å². The third-order valence-corrected chi connectivity index (χ3v) is 4.74. The van der Waals surface area contributed by atoms with Crippen molar-refractivity contribution in [2.24, 2.45) is 17.6 Å². The van der Waals surface area contributed by atoms with Crippen LogP contribution in [-0.2, 0) is 0 Å². The minimum atomic E-state index is 0.497. The summed E-state index contributed by atoms with van der Waals surface area (Å²) >= 11 is 0. The van der Waals surface area contributed by atoms with Crippen LogP contribution < -0.4 is 11.1 Å². The van der Waals surface area contributed by atoms with Gasteiger partial charge in [0.2, 0.25) is 0 Å². The highest BCUT2D eigenvalue weighted by Gasteiger charge is 2.43. The lowest BCUT2D eigenvalue weighted by atomic mass is 9.77. The number of piperidine rings is 1. The Labute approximate surface area is 86.6 Å². The fourth-order valence-corrected chi connectivity index (χ4v) is 4.14. The Balaban J connectivity index is 1.75. The van der Waals surface area contributed by atoms with Gasteiger partial charge in [-0.25, -0.2) is 0 Å². The Morgan fingerprint density at radius 3 is 2.57 bits per heavy atom. The quantitative estimate of drug-likeness (QED) is 0.666. The molecule has 2 nitrogen and oxygen atoms in total. The minimum absolute atomic E-state index is 0.497. The lowest BCUT2D eigenvalue weighted by molar-refractivity contribution is 0.177. The van der Waals surface area contributed by atoms with Crippen LogP contribution in [0.2, 0.25) is 0 Å². The largest absolute Gasteiger partial charge is 0.327 e. The molecule has 3 fully saturated rings. The maximum Gasteiger partial charge on any atom is 0.0116 e. The first kappa shape index (κ1) is 9.17. The van der Waals surface area contributed by atoms with Crippen LogP contribution in [0.1, 0.15) is 44.9 Å². The van der Waals surface area contributed by atoms with Gasteiger partial charge in [-0.05, 0) is 31.1 Å². The first-order valence-corrected chi connectivity index (χ1v) is 6.36. The number of fused-ring (bicyclic) bond motifs is 2. The van der Waals surface area contributed by atoms with Crippen LogP contribution in [0.15, 0.2) is 0 Å². The van der Waals surface area contributed by atoms with E-state index in [1.54, 1.807) is 0 Å². The van der Waals surface area contributed by atoms with Crippen LogP contribution in [0.3, 0.4) is 0 Å². The monoisotopic (exact) mass is 194 g/mol. The zero-order chi connectivity index (χ0) is 9.54. The van der Waals surface area contributed by atoms with Gasteiger partial charge in [-0.15, -0.1) is 0 Å². The van der Waals surface area contributed by atoms with Crippen LogP contribution in [0.25, 0.3) is 0 Å². The molecule has 0 aromatic carbocycles. The van der Waals surface area contributed by atoms with Crippen LogP contribution in [-0.4, -0.2) is 18.1 Å². The first-order chi connectivity index (χ1) is 6.84. The zero-order valence-electron chi connectivity index (χ0n) is 8.91. The molecule has 14 heavy (non-hydrogen) atoms. The van der Waals surface area contributed by atoms with E-state index < -0.39 is 0 Å². The van der Waals surface area contributed by atoms with Crippen molar-refractivity contribution in [3.63, 3.8) is 0 Å². The van der Waals surface area contributed by atoms with E-state index in [9.17, 15) is 0 Å². The molecule has 3 aliphatic rings. The van der Waals surface area contributed by atoms with Crippen molar-refractivity contribution in [1.29, 1.82) is 0 Å². The molecular weight excluding hydrogens is 172 g/mol. The second-order valence-corrected chi connectivity index (χ2v) is 5.57. The number of nitrogens with two attached hydrogens (primary N) is 1. The molecule has 0 amide bonds. The minimum Gasteiger partial charge on any atom is -0.327 e. The number of nitrogens with one attached hydrogen (secondary N) is 1. The van der Waals surface area contributed by atoms with Gasteiger partial charge >= 0.3 is 0 Å². The van der Waals surface area contributed by atoms with E-state index in [-0.39, 0.29) is 0 Å². The molecule has 1 aliphatic carbocycles. The van der Waals surface area contributed by atoms with E-state index in [1.807, 2.05) is 0 Å². The second-order valence-electron chi connectivity index (χ2n) is 5.57. The molecule has 1 saturated carbocycles. The lowest BCUT2D eigenvalue weighted by Gasteiger charge is -2.39. The molecule has 3 rings (SSSR count). The predicted molar refractivity (Wildman–Crippen MR) is 58.0 cm³/mol. The van der Waals surface area contributed by atoms with Crippen LogP contribution in [0, 0.1) is 11.8 Å². The molecule has 0 radical (unpaired) electrons. The van der Waals surface area contributed by atoms with Gasteiger partial charge in [-0.2, -0.15) is 0 Å². The molecule has 80 valence electrons. The molecule has 0 aromatic heterocycles. The molecule has 0 spiro atoms. The van der Waals surface area contributed by atoms with Crippen molar-refractivity contribution in [2.45, 2.75) is 63.1 Å². The van der Waals surface area contributed by atoms with Gasteiger partial charge in [0.1, 0.15) is 0 Å². The van der Waals surface area contributed by atoms with Crippen molar-refractivity contribution in [3.05, 3.63) is 0 Å². The van der Waals surface area contributed by atoms with Gasteiger partial charge in [-0.3, -0.25) is 0 Å². The topological polar surface area (TPSA) is 38.0 Å². The molecule has 2 aliphatic heterocycles. The standard InChI is InChI=1S/C12H22N2/c13-10-7-9-5-6-11(14-9)12(10)8-3-1-2-4-8/h8-12,14H,1-7,13H2. The third kappa shape index (κ3) is 1.40. The smallest absolute Gasteiger partial charge is 0.0116 e. The van der Waals surface area contributed by atoms with Gasteiger partial charge in [0.25, 0.3) is 0 Å². The molecular formula is C12H22N2. The van der Waals surface area contributed by atoms with Crippen molar-refractivity contribution in [1.82, 2.24) is 5.32 Å². The fraction of sp³-hybridized carbons (Fsp3) is 1.00. The Bertz CT molecular complexity index is 208. The lowest BCUT2D eigenvalue weighted by Crippen LogP contribution is -2.53. The van der Waals surface area contributed by atoms with E-state index in [2.05, 4.69) is 5.32 Å². The summed E-state index contributed by atoms with van der Waals surface area (Å²) in [7, 11) is 0. The van der Waals surface area contributed by atoms with E-state index in [0.29, 0.717) is 6.04 Å². The summed E-state index contributed by atoms with van der Waals surface area (Å²) in [6, 6.07) is 2.02. The normalized spacial score (nSPS) is 48.6. The van der Waals surface area contributed by atoms with Crippen molar-refractivity contribution < 1.29 is 0 Å². The number of hydrogen-bond acceptors (Lipinski definition) is 2. The summed E-state index contributed by atoms with van der Waals surface area (Å²) < 4.78 is 0. The molecule has 0 aromatic rings. The summed E-state index contributed by atoms with van der Waals surface area (Å²) in [5, 5.41) is 3.77. The summed E-state index contributed by atoms with van der Waals surface area (Å²) in [6.07, 6.45) is 9.79. The predicted octanol–water partition coefficient (Wildman–Crippen LogP) is 1.64. The Kier molecular flexibility index (Phi) is 2.29. The fourth-order valence-electron chi connectivity index (χ4n) is 4.14. The molecule has 4 unspecified atom stereocenters. The Morgan fingerprint density at radius 2 is 1.79 bits per heavy atom. The van der Waals surface area contributed by atoms with Gasteiger partial charge in [-0.1, -0.05) is 25.7 Å². The highest BCUT2D eigenvalue weighted by Crippen LogP contribution is 2.41. The average molecular weight is 194 g/mol. The molecule has 2 saturated heterocycles. The summed E-state index contributed by atoms with van der Waals surface area (Å²) in [6.45, 7) is 0. The molecule has 4 atom stereocenters. The Morgan fingerprint density at radius 1 is 1.00 bits per heavy atom. The summed E-state index contributed by atoms with van der Waals surface area (Å²) in [4.78, 5) is 0. The van der Waals surface area contributed by atoms with Gasteiger partial charge in [0.05, 0.1) is 0 Å². The SMILES string of the molecule is NC1CC2CCC(N2)C1C1CCCC1. The van der Waals surface area contributed by atoms with Crippen molar-refractivity contribution in [2.75, 3.05) is 0 Å². The molecule has 2 heteroatoms. The van der Waals surface area contributed by atoms with Gasteiger partial charge < -0.3 is 11.1 Å². The van der Waals surface area contributed by atoms with Gasteiger partial charge in [0, 0.05) is 18.1 Å². The number of rotatable bonds is 1. The van der Waals surface area contributed by atoms with Crippen LogP contribution >= 0.6 is 0 Å². The molecule has 2 bridgehead atoms. The van der Waals surface area contributed by atoms with E-state index in [1.165, 1.54) is 44.9 Å². The van der Waals surface area contributed by atoms with Crippen LogP contribution in [0.5, 0.6) is 0 Å². The molecule has 3 N–H and O–H groups in total. The highest BCUT2D eigenvalue weighted by molar-refractivity contribution is 5.02. The maximum absolute atomic E-state index is 6.34. The zero-order valence-corrected chi connectivity index (χ0v) is 8.91. The highest BCUT2D eigenvalue weighted by atomic mass is 15.0. The van der Waals surface area contributed by atoms with E-state index in [0.717, 1.165) is 23.9 Å². The third-order valence-electron chi connectivity index (χ3n) is 4.74. The average Bonchev–Trinajstić information content (AvgIpc) is 2.77. The summed E-state index contributed by atoms with van der Waals surface area (Å²) in [5.74, 6) is 1.75. The van der Waals surface area contributed by atoms with Crippen molar-refractivity contribution in [3.8, 4) is 0 Å². The van der Waals surface area contributed by atoms with Crippen molar-refractivity contribution >= 4 is 0 Å². The van der Waals surface area contributed by atoms with Crippen LogP contribution in [0.4, 0.5) is 0 Å². The maximum atomic E-state index is 6.34. The molecule has 2 heterocycles. The second kappa shape index (κ2) is 3.49. The van der Waals surface area contributed by atoms with Gasteiger partial charge in [0.15, 0.2) is 0 Å².